The fourth-order valence-electron chi connectivity index (χ4n) is 11.5. The van der Waals surface area contributed by atoms with Gasteiger partial charge >= 0.3 is 24.2 Å². The highest BCUT2D eigenvalue weighted by molar-refractivity contribution is 7.80. The summed E-state index contributed by atoms with van der Waals surface area (Å²) in [5, 5.41) is 40.5. The third-order valence-corrected chi connectivity index (χ3v) is 15.2. The first kappa shape index (κ1) is 42.4. The fraction of sp³-hybridized carbons (Fsp3) is 0.971. The maximum atomic E-state index is 13.8. The van der Waals surface area contributed by atoms with Crippen molar-refractivity contribution >= 4 is 24.2 Å². The van der Waals surface area contributed by atoms with Gasteiger partial charge in [0.2, 0.25) is 0 Å². The van der Waals surface area contributed by atoms with E-state index in [9.17, 15) is 47.6 Å². The molecule has 5 fully saturated rings. The Kier molecular flexibility index (Phi) is 13.1. The monoisotopic (exact) mass is 784 g/mol. The first-order valence-electron chi connectivity index (χ1n) is 18.9. The lowest BCUT2D eigenvalue weighted by molar-refractivity contribution is -0.282. The van der Waals surface area contributed by atoms with Gasteiger partial charge in [-0.2, -0.15) is 8.42 Å². The van der Waals surface area contributed by atoms with Crippen molar-refractivity contribution in [3.63, 3.8) is 0 Å². The van der Waals surface area contributed by atoms with E-state index < -0.39 is 79.1 Å². The first-order chi connectivity index (χ1) is 24.1. The van der Waals surface area contributed by atoms with Crippen molar-refractivity contribution in [1.82, 2.24) is 0 Å². The van der Waals surface area contributed by atoms with Gasteiger partial charge in [-0.05, 0) is 91.3 Å². The van der Waals surface area contributed by atoms with Gasteiger partial charge in [-0.3, -0.25) is 18.4 Å². The molecule has 6 N–H and O–H groups in total. The molecule has 5 aliphatic rings. The molecule has 17 heteroatoms. The summed E-state index contributed by atoms with van der Waals surface area (Å²) in [4.78, 5) is 23.6. The van der Waals surface area contributed by atoms with Crippen LogP contribution < -0.4 is 0 Å². The topological polar surface area (TPSA) is 236 Å². The van der Waals surface area contributed by atoms with Gasteiger partial charge in [0.15, 0.2) is 6.29 Å². The van der Waals surface area contributed by atoms with Gasteiger partial charge in [0.25, 0.3) is 0 Å². The Labute approximate surface area is 307 Å². The Bertz CT molecular complexity index is 1410. The highest BCUT2D eigenvalue weighted by atomic mass is 32.3. The van der Waals surface area contributed by atoms with Crippen molar-refractivity contribution in [1.29, 1.82) is 0 Å². The molecule has 1 heterocycles. The van der Waals surface area contributed by atoms with Crippen molar-refractivity contribution in [2.24, 2.45) is 52.3 Å². The van der Waals surface area contributed by atoms with Crippen LogP contribution in [0.5, 0.6) is 0 Å². The van der Waals surface area contributed by atoms with Crippen molar-refractivity contribution in [2.45, 2.75) is 155 Å². The molecule has 0 radical (unpaired) electrons. The lowest BCUT2D eigenvalue weighted by Crippen LogP contribution is -2.59. The molecule has 15 nitrogen and oxygen atoms in total. The van der Waals surface area contributed by atoms with E-state index in [1.165, 1.54) is 6.92 Å². The number of fused-ring (bicyclic) bond motifs is 5. The molecule has 0 aromatic rings. The lowest BCUT2D eigenvalue weighted by Gasteiger charge is -2.62. The molecule has 1 aliphatic heterocycles. The standard InChI is InChI=1S/C35H61O15PS/c1-18(2)8-7-9-19(3)29-27(46-20(4)37)16-24-22-15-26(48-51(41,42)49-33-32(40)31(39)30(38)28(17-36)47-33)25-14-21(50-52(43,44)45)10-12-34(25,5)23(22)11-13-35(24,29)6/h18-19,21-33,36,38-40H,7-17H2,1-6H3,(H,41,42)(H,43,44,45)/t19-,21+,22-,23+,24+,25-,26+,27-,28-,29+,30-,31+,32-,33?,34-,35+/m1/s1. The number of ether oxygens (including phenoxy) is 2. The minimum absolute atomic E-state index is 0.0257. The van der Waals surface area contributed by atoms with Gasteiger partial charge in [0.1, 0.15) is 30.5 Å². The van der Waals surface area contributed by atoms with E-state index in [2.05, 4.69) is 34.6 Å². The predicted molar refractivity (Wildman–Crippen MR) is 185 cm³/mol. The van der Waals surface area contributed by atoms with Crippen LogP contribution in [0.15, 0.2) is 0 Å². The summed E-state index contributed by atoms with van der Waals surface area (Å²) in [5.74, 6) is 0.313. The third-order valence-electron chi connectivity index (χ3n) is 13.7. The molecule has 5 rings (SSSR count). The summed E-state index contributed by atoms with van der Waals surface area (Å²) >= 11 is 0. The van der Waals surface area contributed by atoms with Crippen LogP contribution in [0.3, 0.4) is 0 Å². The summed E-state index contributed by atoms with van der Waals surface area (Å²) in [6.45, 7) is 11.7. The van der Waals surface area contributed by atoms with Crippen LogP contribution in [0, 0.1) is 52.3 Å². The van der Waals surface area contributed by atoms with E-state index in [1.54, 1.807) is 0 Å². The van der Waals surface area contributed by atoms with Crippen molar-refractivity contribution in [3.8, 4) is 0 Å². The Morgan fingerprint density at radius 2 is 1.58 bits per heavy atom. The summed E-state index contributed by atoms with van der Waals surface area (Å²) in [6, 6.07) is 0. The van der Waals surface area contributed by atoms with Crippen LogP contribution in [-0.4, -0.2) is 99.9 Å². The minimum atomic E-state index is -5.11. The molecule has 4 aliphatic carbocycles. The predicted octanol–water partition coefficient (Wildman–Crippen LogP) is 3.75. The van der Waals surface area contributed by atoms with E-state index >= 15 is 0 Å². The minimum Gasteiger partial charge on any atom is -0.462 e. The molecule has 0 bridgehead atoms. The maximum Gasteiger partial charge on any atom is 0.474 e. The van der Waals surface area contributed by atoms with Crippen molar-refractivity contribution < 1.29 is 70.4 Å². The SMILES string of the molecule is CC(=O)O[C@@H]1C[C@H]2[C@@H]3C[C@H](OP(=O)(O)OC4O[C@H](CO)[C@@H](O)[C@H](O)[C@H]4O)[C@H]4C[C@@H](OS(=O)(=O)O)CC[C@]4(C)[C@H]3CC[C@]2(C)[C@H]1[C@H](C)CCCC(C)C. The second-order valence-corrected chi connectivity index (χ2v) is 19.7. The number of phosphoric acid groups is 1. The van der Waals surface area contributed by atoms with Crippen LogP contribution in [0.4, 0.5) is 0 Å². The molecule has 302 valence electrons. The van der Waals surface area contributed by atoms with Crippen LogP contribution in [0.2, 0.25) is 0 Å². The van der Waals surface area contributed by atoms with Gasteiger partial charge in [0, 0.05) is 12.8 Å². The maximum absolute atomic E-state index is 13.8. The molecule has 1 saturated heterocycles. The molecule has 2 unspecified atom stereocenters. The largest absolute Gasteiger partial charge is 0.474 e. The number of carbonyl (C=O) groups is 1. The second-order valence-electron chi connectivity index (χ2n) is 17.3. The Balaban J connectivity index is 1.46. The summed E-state index contributed by atoms with van der Waals surface area (Å²) in [6.07, 6.45) is -4.19. The zero-order valence-electron chi connectivity index (χ0n) is 31.2. The Hall–Kier alpha value is -0.750. The van der Waals surface area contributed by atoms with Crippen LogP contribution >= 0.6 is 7.82 Å². The molecule has 4 saturated carbocycles. The number of aliphatic hydroxyl groups excluding tert-OH is 4. The molecule has 0 spiro atoms. The number of hydrogen-bond acceptors (Lipinski definition) is 13. The van der Waals surface area contributed by atoms with E-state index in [1.807, 2.05) is 0 Å². The fourth-order valence-corrected chi connectivity index (χ4v) is 13.1. The van der Waals surface area contributed by atoms with Crippen LogP contribution in [0.25, 0.3) is 0 Å². The van der Waals surface area contributed by atoms with E-state index in [-0.39, 0.29) is 53.5 Å². The zero-order chi connectivity index (χ0) is 38.6. The van der Waals surface area contributed by atoms with Crippen LogP contribution in [0.1, 0.15) is 106 Å². The smallest absolute Gasteiger partial charge is 0.462 e. The van der Waals surface area contributed by atoms with E-state index in [0.29, 0.717) is 31.6 Å². The number of aliphatic hydroxyl groups is 4. The van der Waals surface area contributed by atoms with E-state index in [4.69, 9.17) is 22.7 Å². The number of rotatable bonds is 13. The number of carbonyl (C=O) groups excluding carboxylic acids is 1. The summed E-state index contributed by atoms with van der Waals surface area (Å²) in [7, 11) is -9.90. The van der Waals surface area contributed by atoms with Gasteiger partial charge < -0.3 is 34.8 Å². The number of phosphoric ester groups is 1. The number of hydrogen-bond donors (Lipinski definition) is 6. The van der Waals surface area contributed by atoms with Crippen molar-refractivity contribution in [3.05, 3.63) is 0 Å². The lowest BCUT2D eigenvalue weighted by atomic mass is 9.43. The molecule has 0 aromatic carbocycles. The van der Waals surface area contributed by atoms with Crippen LogP contribution in [-0.2, 0) is 42.5 Å². The summed E-state index contributed by atoms with van der Waals surface area (Å²) in [5.41, 5.74) is -0.706. The van der Waals surface area contributed by atoms with Gasteiger partial charge in [-0.25, -0.2) is 8.75 Å². The second kappa shape index (κ2) is 16.0. The van der Waals surface area contributed by atoms with Gasteiger partial charge in [-0.1, -0.05) is 53.9 Å². The van der Waals surface area contributed by atoms with Crippen molar-refractivity contribution in [2.75, 3.05) is 6.61 Å². The average Bonchev–Trinajstić information content (AvgIpc) is 3.32. The van der Waals surface area contributed by atoms with Gasteiger partial charge in [-0.15, -0.1) is 0 Å². The highest BCUT2D eigenvalue weighted by Crippen LogP contribution is 2.70. The molecule has 17 atom stereocenters. The Morgan fingerprint density at radius 1 is 0.904 bits per heavy atom. The normalized spacial score (nSPS) is 45.4. The quantitative estimate of drug-likeness (QED) is 0.0887. The average molecular weight is 785 g/mol. The Morgan fingerprint density at radius 3 is 2.19 bits per heavy atom. The third kappa shape index (κ3) is 8.78. The highest BCUT2D eigenvalue weighted by Gasteiger charge is 2.66. The summed E-state index contributed by atoms with van der Waals surface area (Å²) < 4.78 is 74.5. The molecule has 0 amide bonds. The molecular weight excluding hydrogens is 723 g/mol. The van der Waals surface area contributed by atoms with Gasteiger partial charge in [0.05, 0.1) is 18.8 Å². The molecule has 52 heavy (non-hydrogen) atoms. The molecular formula is C35H61O15PS. The zero-order valence-corrected chi connectivity index (χ0v) is 32.9. The number of esters is 1. The van der Waals surface area contributed by atoms with E-state index in [0.717, 1.165) is 32.1 Å². The first-order valence-corrected chi connectivity index (χ1v) is 21.8. The molecule has 0 aromatic heterocycles.